The van der Waals surface area contributed by atoms with Crippen molar-refractivity contribution in [1.29, 1.82) is 0 Å². The fourth-order valence-corrected chi connectivity index (χ4v) is 1.96. The maximum Gasteiger partial charge on any atom is 0.0935 e. The number of rotatable bonds is 4. The van der Waals surface area contributed by atoms with E-state index in [-0.39, 0.29) is 5.54 Å². The molecule has 0 radical (unpaired) electrons. The highest BCUT2D eigenvalue weighted by molar-refractivity contribution is 5.26. The highest BCUT2D eigenvalue weighted by Gasteiger charge is 2.25. The Hall–Kier alpha value is -1.54. The van der Waals surface area contributed by atoms with Gasteiger partial charge in [0.15, 0.2) is 0 Å². The molecule has 0 fully saturated rings. The van der Waals surface area contributed by atoms with Crippen molar-refractivity contribution in [3.63, 3.8) is 0 Å². The average Bonchev–Trinajstić information content (AvgIpc) is 2.83. The Balaban J connectivity index is 2.26. The molecule has 0 spiro atoms. The van der Waals surface area contributed by atoms with Crippen molar-refractivity contribution in [3.8, 4) is 0 Å². The van der Waals surface area contributed by atoms with Crippen molar-refractivity contribution >= 4 is 0 Å². The van der Waals surface area contributed by atoms with Crippen LogP contribution in [0.3, 0.4) is 0 Å². The SMILES string of the molecule is CCC(N)(Cc1ccoc1)c1ccccc1. The monoisotopic (exact) mass is 215 g/mol. The quantitative estimate of drug-likeness (QED) is 0.851. The van der Waals surface area contributed by atoms with Gasteiger partial charge in [0, 0.05) is 5.54 Å². The molecule has 0 aliphatic carbocycles. The summed E-state index contributed by atoms with van der Waals surface area (Å²) in [7, 11) is 0. The lowest BCUT2D eigenvalue weighted by molar-refractivity contribution is 0.422. The zero-order chi connectivity index (χ0) is 11.4. The highest BCUT2D eigenvalue weighted by Crippen LogP contribution is 2.26. The molecule has 1 unspecified atom stereocenters. The van der Waals surface area contributed by atoms with Gasteiger partial charge >= 0.3 is 0 Å². The Morgan fingerprint density at radius 3 is 2.50 bits per heavy atom. The Kier molecular flexibility index (Phi) is 3.11. The third-order valence-corrected chi connectivity index (χ3v) is 3.08. The van der Waals surface area contributed by atoms with Crippen LogP contribution in [0.5, 0.6) is 0 Å². The predicted molar refractivity (Wildman–Crippen MR) is 65.0 cm³/mol. The zero-order valence-corrected chi connectivity index (χ0v) is 9.52. The van der Waals surface area contributed by atoms with Crippen molar-refractivity contribution in [2.45, 2.75) is 25.3 Å². The Morgan fingerprint density at radius 1 is 1.19 bits per heavy atom. The second-order valence-electron chi connectivity index (χ2n) is 4.18. The Labute approximate surface area is 96.1 Å². The molecule has 2 heteroatoms. The average molecular weight is 215 g/mol. The largest absolute Gasteiger partial charge is 0.472 e. The van der Waals surface area contributed by atoms with E-state index >= 15 is 0 Å². The van der Waals surface area contributed by atoms with Crippen molar-refractivity contribution in [1.82, 2.24) is 0 Å². The summed E-state index contributed by atoms with van der Waals surface area (Å²) in [5.41, 5.74) is 8.49. The van der Waals surface area contributed by atoms with Crippen LogP contribution in [-0.2, 0) is 12.0 Å². The van der Waals surface area contributed by atoms with Crippen molar-refractivity contribution in [3.05, 3.63) is 60.1 Å². The summed E-state index contributed by atoms with van der Waals surface area (Å²) in [5, 5.41) is 0. The summed E-state index contributed by atoms with van der Waals surface area (Å²) in [5.74, 6) is 0. The van der Waals surface area contributed by atoms with Crippen LogP contribution in [0.25, 0.3) is 0 Å². The van der Waals surface area contributed by atoms with E-state index in [4.69, 9.17) is 10.2 Å². The van der Waals surface area contributed by atoms with Gasteiger partial charge in [-0.15, -0.1) is 0 Å². The minimum atomic E-state index is -0.300. The molecule has 0 aliphatic rings. The molecule has 2 nitrogen and oxygen atoms in total. The molecule has 1 atom stereocenters. The van der Waals surface area contributed by atoms with Crippen LogP contribution in [0.1, 0.15) is 24.5 Å². The highest BCUT2D eigenvalue weighted by atomic mass is 16.3. The molecule has 0 saturated heterocycles. The third-order valence-electron chi connectivity index (χ3n) is 3.08. The van der Waals surface area contributed by atoms with Gasteiger partial charge in [-0.3, -0.25) is 0 Å². The topological polar surface area (TPSA) is 39.2 Å². The number of hydrogen-bond donors (Lipinski definition) is 1. The summed E-state index contributed by atoms with van der Waals surface area (Å²) in [4.78, 5) is 0. The molecule has 1 aromatic carbocycles. The van der Waals surface area contributed by atoms with Crippen LogP contribution in [-0.4, -0.2) is 0 Å². The number of hydrogen-bond acceptors (Lipinski definition) is 2. The summed E-state index contributed by atoms with van der Waals surface area (Å²) >= 11 is 0. The molecule has 0 aliphatic heterocycles. The molecule has 2 N–H and O–H groups in total. The van der Waals surface area contributed by atoms with Gasteiger partial charge in [0.05, 0.1) is 12.5 Å². The maximum atomic E-state index is 6.47. The first-order chi connectivity index (χ1) is 7.74. The molecule has 16 heavy (non-hydrogen) atoms. The summed E-state index contributed by atoms with van der Waals surface area (Å²) in [6.45, 7) is 2.12. The van der Waals surface area contributed by atoms with E-state index in [2.05, 4.69) is 19.1 Å². The molecule has 0 bridgehead atoms. The lowest BCUT2D eigenvalue weighted by atomic mass is 9.83. The van der Waals surface area contributed by atoms with E-state index in [0.717, 1.165) is 18.4 Å². The molecular weight excluding hydrogens is 198 g/mol. The first-order valence-electron chi connectivity index (χ1n) is 5.60. The molecule has 84 valence electrons. The number of benzene rings is 1. The van der Waals surface area contributed by atoms with Gasteiger partial charge < -0.3 is 10.2 Å². The van der Waals surface area contributed by atoms with Gasteiger partial charge in [-0.25, -0.2) is 0 Å². The van der Waals surface area contributed by atoms with E-state index in [9.17, 15) is 0 Å². The molecule has 2 rings (SSSR count). The molecule has 2 aromatic rings. The Morgan fingerprint density at radius 2 is 1.94 bits per heavy atom. The molecule has 1 heterocycles. The third kappa shape index (κ3) is 2.17. The molecule has 0 amide bonds. The van der Waals surface area contributed by atoms with Gasteiger partial charge in [0.2, 0.25) is 0 Å². The van der Waals surface area contributed by atoms with Gasteiger partial charge in [-0.05, 0) is 30.0 Å². The number of nitrogens with two attached hydrogens (primary N) is 1. The fraction of sp³-hybridized carbons (Fsp3) is 0.286. The number of furan rings is 1. The van der Waals surface area contributed by atoms with Gasteiger partial charge in [0.1, 0.15) is 0 Å². The molecule has 1 aromatic heterocycles. The van der Waals surface area contributed by atoms with Gasteiger partial charge in [-0.2, -0.15) is 0 Å². The minimum absolute atomic E-state index is 0.300. The van der Waals surface area contributed by atoms with Crippen LogP contribution < -0.4 is 5.73 Å². The Bertz CT molecular complexity index is 421. The normalized spacial score (nSPS) is 14.6. The van der Waals surface area contributed by atoms with Crippen molar-refractivity contribution in [2.75, 3.05) is 0 Å². The van der Waals surface area contributed by atoms with Gasteiger partial charge in [-0.1, -0.05) is 37.3 Å². The summed E-state index contributed by atoms with van der Waals surface area (Å²) < 4.78 is 5.09. The van der Waals surface area contributed by atoms with E-state index in [0.29, 0.717) is 0 Å². The van der Waals surface area contributed by atoms with Crippen LogP contribution in [0.2, 0.25) is 0 Å². The molecular formula is C14H17NO. The summed E-state index contributed by atoms with van der Waals surface area (Å²) in [6, 6.07) is 12.2. The van der Waals surface area contributed by atoms with E-state index in [1.54, 1.807) is 12.5 Å². The fourth-order valence-electron chi connectivity index (χ4n) is 1.96. The first-order valence-corrected chi connectivity index (χ1v) is 5.60. The van der Waals surface area contributed by atoms with Crippen LogP contribution >= 0.6 is 0 Å². The lowest BCUT2D eigenvalue weighted by Gasteiger charge is -2.28. The zero-order valence-electron chi connectivity index (χ0n) is 9.52. The van der Waals surface area contributed by atoms with E-state index in [1.807, 2.05) is 24.3 Å². The lowest BCUT2D eigenvalue weighted by Crippen LogP contribution is -2.38. The minimum Gasteiger partial charge on any atom is -0.472 e. The molecule has 0 saturated carbocycles. The second-order valence-corrected chi connectivity index (χ2v) is 4.18. The maximum absolute atomic E-state index is 6.47. The van der Waals surface area contributed by atoms with E-state index < -0.39 is 0 Å². The standard InChI is InChI=1S/C14H17NO/c1-2-14(15,10-12-8-9-16-11-12)13-6-4-3-5-7-13/h3-9,11H,2,10,15H2,1H3. The first kappa shape index (κ1) is 11.0. The van der Waals surface area contributed by atoms with Crippen molar-refractivity contribution < 1.29 is 4.42 Å². The smallest absolute Gasteiger partial charge is 0.0935 e. The second kappa shape index (κ2) is 4.54. The van der Waals surface area contributed by atoms with Crippen LogP contribution in [0.4, 0.5) is 0 Å². The van der Waals surface area contributed by atoms with Gasteiger partial charge in [0.25, 0.3) is 0 Å². The predicted octanol–water partition coefficient (Wildman–Crippen LogP) is 3.09. The van der Waals surface area contributed by atoms with Crippen molar-refractivity contribution in [2.24, 2.45) is 5.73 Å². The van der Waals surface area contributed by atoms with Crippen LogP contribution in [0.15, 0.2) is 53.3 Å². The van der Waals surface area contributed by atoms with E-state index in [1.165, 1.54) is 5.56 Å². The summed E-state index contributed by atoms with van der Waals surface area (Å²) in [6.07, 6.45) is 5.17. The van der Waals surface area contributed by atoms with Crippen LogP contribution in [0, 0.1) is 0 Å².